The van der Waals surface area contributed by atoms with E-state index >= 15 is 0 Å². The van der Waals surface area contributed by atoms with Crippen LogP contribution in [0, 0.1) is 17.3 Å². The van der Waals surface area contributed by atoms with Gasteiger partial charge in [-0.2, -0.15) is 0 Å². The van der Waals surface area contributed by atoms with Crippen molar-refractivity contribution >= 4 is 0 Å². The van der Waals surface area contributed by atoms with Gasteiger partial charge in [0, 0.05) is 13.2 Å². The van der Waals surface area contributed by atoms with Crippen molar-refractivity contribution < 1.29 is 10.2 Å². The molecule has 0 radical (unpaired) electrons. The molecule has 1 aliphatic carbocycles. The Hall–Kier alpha value is -0.0800. The Morgan fingerprint density at radius 3 is 2.04 bits per heavy atom. The summed E-state index contributed by atoms with van der Waals surface area (Å²) in [5, 5.41) is 20.2. The van der Waals surface area contributed by atoms with Gasteiger partial charge in [0.2, 0.25) is 0 Å². The maximum absolute atomic E-state index is 10.2. The molecule has 0 spiro atoms. The number of hydrogen-bond donors (Lipinski definition) is 2. The lowest BCUT2D eigenvalue weighted by molar-refractivity contribution is -0.0486. The molecule has 0 aromatic heterocycles. The van der Waals surface area contributed by atoms with E-state index in [-0.39, 0.29) is 18.6 Å². The van der Waals surface area contributed by atoms with E-state index in [0.717, 1.165) is 12.8 Å². The normalized spacial score (nSPS) is 27.5. The average molecular weight is 341 g/mol. The van der Waals surface area contributed by atoms with Crippen LogP contribution in [0.4, 0.5) is 0 Å². The lowest BCUT2D eigenvalue weighted by Gasteiger charge is -2.47. The zero-order chi connectivity index (χ0) is 17.7. The third-order valence-corrected chi connectivity index (χ3v) is 6.57. The van der Waals surface area contributed by atoms with E-state index in [1.165, 1.54) is 83.5 Å². The number of aliphatic hydroxyl groups is 2. The van der Waals surface area contributed by atoms with Crippen LogP contribution in [0.5, 0.6) is 0 Å². The van der Waals surface area contributed by atoms with E-state index in [2.05, 4.69) is 13.8 Å². The van der Waals surface area contributed by atoms with Crippen molar-refractivity contribution in [2.24, 2.45) is 17.3 Å². The third kappa shape index (κ3) is 7.04. The van der Waals surface area contributed by atoms with Gasteiger partial charge in [0.25, 0.3) is 0 Å². The molecular weight excluding hydrogens is 296 g/mol. The Kier molecular flexibility index (Phi) is 12.0. The molecule has 1 aliphatic rings. The van der Waals surface area contributed by atoms with Crippen LogP contribution in [0.15, 0.2) is 0 Å². The summed E-state index contributed by atoms with van der Waals surface area (Å²) in [4.78, 5) is 0. The fourth-order valence-corrected chi connectivity index (χ4v) is 4.95. The molecule has 2 N–H and O–H groups in total. The first-order valence-corrected chi connectivity index (χ1v) is 11.0. The van der Waals surface area contributed by atoms with E-state index in [9.17, 15) is 10.2 Å². The van der Waals surface area contributed by atoms with Crippen LogP contribution in [0.3, 0.4) is 0 Å². The van der Waals surface area contributed by atoms with Gasteiger partial charge in [-0.1, -0.05) is 97.3 Å². The van der Waals surface area contributed by atoms with Crippen LogP contribution in [-0.2, 0) is 0 Å². The Balaban J connectivity index is 2.39. The molecule has 0 aromatic rings. The number of rotatable bonds is 14. The summed E-state index contributed by atoms with van der Waals surface area (Å²) >= 11 is 0. The van der Waals surface area contributed by atoms with Crippen LogP contribution in [0.2, 0.25) is 0 Å². The van der Waals surface area contributed by atoms with Gasteiger partial charge in [-0.3, -0.25) is 0 Å². The van der Waals surface area contributed by atoms with Gasteiger partial charge in [-0.15, -0.1) is 0 Å². The van der Waals surface area contributed by atoms with Crippen LogP contribution >= 0.6 is 0 Å². The fraction of sp³-hybridized carbons (Fsp3) is 1.00. The highest BCUT2D eigenvalue weighted by atomic mass is 16.3. The first kappa shape index (κ1) is 22.0. The molecule has 2 heteroatoms. The molecule has 2 nitrogen and oxygen atoms in total. The smallest absolute Gasteiger partial charge is 0.0491 e. The van der Waals surface area contributed by atoms with E-state index in [4.69, 9.17) is 0 Å². The first-order chi connectivity index (χ1) is 11.7. The third-order valence-electron chi connectivity index (χ3n) is 6.57. The molecule has 0 aliphatic heterocycles. The Morgan fingerprint density at radius 2 is 1.46 bits per heavy atom. The number of unbranched alkanes of at least 4 members (excludes halogenated alkanes) is 8. The lowest BCUT2D eigenvalue weighted by Crippen LogP contribution is -2.44. The van der Waals surface area contributed by atoms with Crippen LogP contribution in [0.25, 0.3) is 0 Å². The Labute approximate surface area is 151 Å². The minimum absolute atomic E-state index is 0.00756. The largest absolute Gasteiger partial charge is 0.396 e. The van der Waals surface area contributed by atoms with Crippen molar-refractivity contribution in [1.82, 2.24) is 0 Å². The second-order valence-electron chi connectivity index (χ2n) is 8.33. The molecule has 1 rings (SSSR count). The summed E-state index contributed by atoms with van der Waals surface area (Å²) in [5.41, 5.74) is 0.00756. The predicted molar refractivity (Wildman–Crippen MR) is 104 cm³/mol. The van der Waals surface area contributed by atoms with Crippen LogP contribution < -0.4 is 0 Å². The van der Waals surface area contributed by atoms with Gasteiger partial charge in [-0.05, 0) is 30.1 Å². The number of hydrogen-bond acceptors (Lipinski definition) is 2. The SMILES string of the molecule is CCCCCCCCCCC1(CO)CCCC(CCCC)C1CO. The van der Waals surface area contributed by atoms with Gasteiger partial charge in [0.05, 0.1) is 0 Å². The Morgan fingerprint density at radius 1 is 0.833 bits per heavy atom. The minimum Gasteiger partial charge on any atom is -0.396 e. The maximum Gasteiger partial charge on any atom is 0.0491 e. The van der Waals surface area contributed by atoms with Gasteiger partial charge in [0.15, 0.2) is 0 Å². The van der Waals surface area contributed by atoms with E-state index in [1.54, 1.807) is 0 Å². The zero-order valence-corrected chi connectivity index (χ0v) is 16.6. The molecule has 144 valence electrons. The van der Waals surface area contributed by atoms with Crippen molar-refractivity contribution in [3.63, 3.8) is 0 Å². The number of aliphatic hydroxyl groups excluding tert-OH is 2. The molecule has 0 heterocycles. The van der Waals surface area contributed by atoms with Gasteiger partial charge in [-0.25, -0.2) is 0 Å². The van der Waals surface area contributed by atoms with Crippen molar-refractivity contribution in [2.45, 2.75) is 110 Å². The van der Waals surface area contributed by atoms with E-state index in [1.807, 2.05) is 0 Å². The summed E-state index contributed by atoms with van der Waals surface area (Å²) in [6.07, 6.45) is 19.2. The van der Waals surface area contributed by atoms with Crippen molar-refractivity contribution in [3.05, 3.63) is 0 Å². The maximum atomic E-state index is 10.2. The monoisotopic (exact) mass is 340 g/mol. The highest BCUT2D eigenvalue weighted by Gasteiger charge is 2.43. The van der Waals surface area contributed by atoms with Crippen molar-refractivity contribution in [1.29, 1.82) is 0 Å². The molecule has 0 amide bonds. The molecule has 1 fully saturated rings. The van der Waals surface area contributed by atoms with Gasteiger partial charge < -0.3 is 10.2 Å². The Bertz CT molecular complexity index is 292. The van der Waals surface area contributed by atoms with Gasteiger partial charge >= 0.3 is 0 Å². The van der Waals surface area contributed by atoms with E-state index < -0.39 is 0 Å². The molecular formula is C22H44O2. The standard InChI is InChI=1S/C22H44O2/c1-3-5-7-8-9-10-11-12-16-22(19-24)17-13-15-20(14-6-4-2)21(22)18-23/h20-21,23-24H,3-19H2,1-2H3. The molecule has 24 heavy (non-hydrogen) atoms. The molecule has 0 bridgehead atoms. The molecule has 0 saturated heterocycles. The first-order valence-electron chi connectivity index (χ1n) is 11.0. The molecule has 1 saturated carbocycles. The second kappa shape index (κ2) is 13.2. The highest BCUT2D eigenvalue weighted by Crippen LogP contribution is 2.49. The minimum atomic E-state index is 0.00756. The summed E-state index contributed by atoms with van der Waals surface area (Å²) < 4.78 is 0. The second-order valence-corrected chi connectivity index (χ2v) is 8.33. The molecule has 3 atom stereocenters. The zero-order valence-electron chi connectivity index (χ0n) is 16.6. The summed E-state index contributed by atoms with van der Waals surface area (Å²) in [6.45, 7) is 5.06. The van der Waals surface area contributed by atoms with Crippen LogP contribution in [0.1, 0.15) is 110 Å². The lowest BCUT2D eigenvalue weighted by atomic mass is 9.59. The summed E-state index contributed by atoms with van der Waals surface area (Å²) in [7, 11) is 0. The van der Waals surface area contributed by atoms with Gasteiger partial charge in [0.1, 0.15) is 0 Å². The quantitative estimate of drug-likeness (QED) is 0.375. The van der Waals surface area contributed by atoms with Crippen molar-refractivity contribution in [3.8, 4) is 0 Å². The fourth-order valence-electron chi connectivity index (χ4n) is 4.95. The molecule has 3 unspecified atom stereocenters. The average Bonchev–Trinajstić information content (AvgIpc) is 2.62. The summed E-state index contributed by atoms with van der Waals surface area (Å²) in [6, 6.07) is 0. The van der Waals surface area contributed by atoms with Crippen LogP contribution in [-0.4, -0.2) is 23.4 Å². The highest BCUT2D eigenvalue weighted by molar-refractivity contribution is 4.93. The molecule has 0 aromatic carbocycles. The summed E-state index contributed by atoms with van der Waals surface area (Å²) in [5.74, 6) is 0.956. The van der Waals surface area contributed by atoms with E-state index in [0.29, 0.717) is 11.8 Å². The predicted octanol–water partition coefficient (Wildman–Crippen LogP) is 6.09. The van der Waals surface area contributed by atoms with Crippen molar-refractivity contribution in [2.75, 3.05) is 13.2 Å². The topological polar surface area (TPSA) is 40.5 Å².